The largest absolute Gasteiger partial charge is 0.462 e. The smallest absolute Gasteiger partial charge is 0.342 e. The molecule has 0 bridgehead atoms. The van der Waals surface area contributed by atoms with Gasteiger partial charge in [0.05, 0.1) is 11.5 Å². The molecule has 2 saturated heterocycles. The van der Waals surface area contributed by atoms with Gasteiger partial charge in [0.15, 0.2) is 29.5 Å². The number of rotatable bonds is 6. The van der Waals surface area contributed by atoms with Gasteiger partial charge in [-0.3, -0.25) is 19.2 Å². The van der Waals surface area contributed by atoms with E-state index in [0.717, 1.165) is 6.92 Å². The number of esters is 5. The van der Waals surface area contributed by atoms with E-state index >= 15 is 0 Å². The molecule has 2 aliphatic carbocycles. The summed E-state index contributed by atoms with van der Waals surface area (Å²) in [6, 6.07) is 0. The van der Waals surface area contributed by atoms with E-state index in [4.69, 9.17) is 28.4 Å². The zero-order chi connectivity index (χ0) is 32.2. The molecule has 2 aliphatic heterocycles. The lowest BCUT2D eigenvalue weighted by molar-refractivity contribution is -0.244. The van der Waals surface area contributed by atoms with Crippen LogP contribution in [-0.2, 0) is 52.4 Å². The average molecular weight is 611 g/mol. The lowest BCUT2D eigenvalue weighted by Gasteiger charge is -2.57. The standard InChI is InChI=1S/C30H42O13/c1-9-10-21(35)41-19-11-13(2)23(36)26-30(29(8,43-30)27(37)42-26)25(40-17(6)33)22-14(3)18(34)12-20(38-15(4)31)28(22,7)24(19)39-16(5)32/h11,14,18-20,22-26,34,36H,9-10,12H2,1-8H3/b13-11+/t14-,18-,19-,20-,22+,23+,24-,25-,26-,28-,29+,30+/m0/s1. The second-order valence-electron chi connectivity index (χ2n) is 12.5. The van der Waals surface area contributed by atoms with Crippen molar-refractivity contribution in [1.82, 2.24) is 0 Å². The number of ether oxygens (including phenoxy) is 6. The molecule has 13 heteroatoms. The Hall–Kier alpha value is -3.03. The summed E-state index contributed by atoms with van der Waals surface area (Å²) in [5.74, 6) is -5.44. The van der Waals surface area contributed by atoms with Gasteiger partial charge in [-0.1, -0.05) is 20.8 Å². The molecule has 2 heterocycles. The molecule has 3 fully saturated rings. The van der Waals surface area contributed by atoms with Crippen LogP contribution in [0.4, 0.5) is 0 Å². The van der Waals surface area contributed by atoms with Crippen molar-refractivity contribution in [1.29, 1.82) is 0 Å². The van der Waals surface area contributed by atoms with Gasteiger partial charge < -0.3 is 38.6 Å². The lowest BCUT2D eigenvalue weighted by atomic mass is 9.53. The van der Waals surface area contributed by atoms with E-state index in [0.29, 0.717) is 6.42 Å². The van der Waals surface area contributed by atoms with Gasteiger partial charge in [-0.05, 0) is 37.8 Å². The Balaban J connectivity index is 2.08. The van der Waals surface area contributed by atoms with Gasteiger partial charge in [0, 0.05) is 39.5 Å². The minimum absolute atomic E-state index is 0.0347. The van der Waals surface area contributed by atoms with Crippen molar-refractivity contribution in [2.24, 2.45) is 17.3 Å². The maximum absolute atomic E-state index is 13.2. The Morgan fingerprint density at radius 3 is 2.09 bits per heavy atom. The first kappa shape index (κ1) is 32.9. The first-order valence-electron chi connectivity index (χ1n) is 14.6. The summed E-state index contributed by atoms with van der Waals surface area (Å²) in [5, 5.41) is 22.9. The number of fused-ring (bicyclic) bond motifs is 1. The summed E-state index contributed by atoms with van der Waals surface area (Å²) in [6.45, 7) is 11.6. The molecule has 0 aromatic rings. The predicted molar refractivity (Wildman–Crippen MR) is 145 cm³/mol. The number of hydrogen-bond donors (Lipinski definition) is 2. The second kappa shape index (κ2) is 11.5. The van der Waals surface area contributed by atoms with Crippen LogP contribution >= 0.6 is 0 Å². The van der Waals surface area contributed by atoms with Crippen molar-refractivity contribution in [3.05, 3.63) is 11.6 Å². The van der Waals surface area contributed by atoms with Gasteiger partial charge in [0.2, 0.25) is 0 Å². The zero-order valence-electron chi connectivity index (χ0n) is 25.8. The Bertz CT molecular complexity index is 1210. The fraction of sp³-hybridized carbons (Fsp3) is 0.767. The van der Waals surface area contributed by atoms with Crippen molar-refractivity contribution in [2.75, 3.05) is 0 Å². The van der Waals surface area contributed by atoms with Gasteiger partial charge in [0.1, 0.15) is 18.3 Å². The number of aliphatic hydroxyl groups is 2. The molecule has 0 unspecified atom stereocenters. The number of hydrogen-bond acceptors (Lipinski definition) is 13. The normalized spacial score (nSPS) is 44.7. The van der Waals surface area contributed by atoms with Crippen LogP contribution in [0.5, 0.6) is 0 Å². The first-order valence-corrected chi connectivity index (χ1v) is 14.6. The van der Waals surface area contributed by atoms with E-state index in [1.54, 1.807) is 20.8 Å². The third-order valence-electron chi connectivity index (χ3n) is 9.62. The van der Waals surface area contributed by atoms with E-state index in [9.17, 15) is 34.2 Å². The molecule has 0 radical (unpaired) electrons. The maximum atomic E-state index is 13.2. The molecule has 13 nitrogen and oxygen atoms in total. The Morgan fingerprint density at radius 1 is 0.977 bits per heavy atom. The molecule has 1 spiro atoms. The van der Waals surface area contributed by atoms with E-state index < -0.39 is 101 Å². The highest BCUT2D eigenvalue weighted by molar-refractivity contribution is 5.89. The summed E-state index contributed by atoms with van der Waals surface area (Å²) < 4.78 is 35.4. The van der Waals surface area contributed by atoms with Crippen molar-refractivity contribution < 1.29 is 62.6 Å². The molecule has 0 aromatic heterocycles. The monoisotopic (exact) mass is 610 g/mol. The van der Waals surface area contributed by atoms with Crippen LogP contribution in [0, 0.1) is 17.3 Å². The number of carbonyl (C=O) groups excluding carboxylic acids is 5. The van der Waals surface area contributed by atoms with Crippen LogP contribution < -0.4 is 0 Å². The zero-order valence-corrected chi connectivity index (χ0v) is 25.8. The summed E-state index contributed by atoms with van der Waals surface area (Å²) >= 11 is 0. The summed E-state index contributed by atoms with van der Waals surface area (Å²) in [6.07, 6.45) is -7.47. The van der Waals surface area contributed by atoms with Crippen LogP contribution in [0.1, 0.15) is 74.7 Å². The Labute approximate surface area is 250 Å². The molecule has 4 aliphatic rings. The Morgan fingerprint density at radius 2 is 1.56 bits per heavy atom. The molecule has 43 heavy (non-hydrogen) atoms. The molecule has 12 atom stereocenters. The highest BCUT2D eigenvalue weighted by atomic mass is 16.7. The molecule has 4 rings (SSSR count). The SMILES string of the molecule is CCCC(=O)O[C@H]1/C=C(\C)[C@@H](O)[C@@H]2OC(=O)[C@@]3(C)O[C@]23[C@@H](OC(C)=O)[C@H]2[C@@H](C)[C@@H](O)C[C@H](OC(C)=O)[C@]2(C)[C@H]1OC(C)=O. The summed E-state index contributed by atoms with van der Waals surface area (Å²) in [4.78, 5) is 64.0. The fourth-order valence-electron chi connectivity index (χ4n) is 7.53. The van der Waals surface area contributed by atoms with Crippen molar-refractivity contribution in [3.63, 3.8) is 0 Å². The highest BCUT2D eigenvalue weighted by Crippen LogP contribution is 2.66. The van der Waals surface area contributed by atoms with E-state index in [1.165, 1.54) is 33.8 Å². The molecule has 0 aromatic carbocycles. The van der Waals surface area contributed by atoms with Crippen LogP contribution in [-0.4, -0.2) is 94.0 Å². The van der Waals surface area contributed by atoms with Crippen molar-refractivity contribution in [2.45, 2.75) is 129 Å². The van der Waals surface area contributed by atoms with E-state index in [2.05, 4.69) is 0 Å². The molecule has 2 N–H and O–H groups in total. The maximum Gasteiger partial charge on any atom is 0.342 e. The van der Waals surface area contributed by atoms with Gasteiger partial charge in [-0.15, -0.1) is 0 Å². The number of epoxide rings is 1. The van der Waals surface area contributed by atoms with E-state index in [1.807, 2.05) is 0 Å². The third-order valence-corrected chi connectivity index (χ3v) is 9.62. The van der Waals surface area contributed by atoms with Crippen LogP contribution in [0.3, 0.4) is 0 Å². The minimum Gasteiger partial charge on any atom is -0.462 e. The van der Waals surface area contributed by atoms with Crippen LogP contribution in [0.25, 0.3) is 0 Å². The Kier molecular flexibility index (Phi) is 8.77. The minimum atomic E-state index is -1.73. The quantitative estimate of drug-likeness (QED) is 0.190. The van der Waals surface area contributed by atoms with Gasteiger partial charge >= 0.3 is 29.8 Å². The molecule has 0 amide bonds. The first-order chi connectivity index (χ1) is 19.9. The van der Waals surface area contributed by atoms with Gasteiger partial charge in [0.25, 0.3) is 0 Å². The second-order valence-corrected chi connectivity index (χ2v) is 12.5. The molecule has 1 saturated carbocycles. The predicted octanol–water partition coefficient (Wildman–Crippen LogP) is 1.29. The molecular formula is C30H42O13. The summed E-state index contributed by atoms with van der Waals surface area (Å²) in [7, 11) is 0. The van der Waals surface area contributed by atoms with Crippen molar-refractivity contribution in [3.8, 4) is 0 Å². The fourth-order valence-corrected chi connectivity index (χ4v) is 7.53. The van der Waals surface area contributed by atoms with Gasteiger partial charge in [-0.25, -0.2) is 4.79 Å². The van der Waals surface area contributed by atoms with Crippen molar-refractivity contribution >= 4 is 29.8 Å². The van der Waals surface area contributed by atoms with E-state index in [-0.39, 0.29) is 18.4 Å². The molecular weight excluding hydrogens is 568 g/mol. The number of carbonyl (C=O) groups is 5. The third kappa shape index (κ3) is 5.22. The molecule has 240 valence electrons. The van der Waals surface area contributed by atoms with Crippen LogP contribution in [0.2, 0.25) is 0 Å². The summed E-state index contributed by atoms with van der Waals surface area (Å²) in [5.41, 5.74) is -4.71. The van der Waals surface area contributed by atoms with Crippen LogP contribution in [0.15, 0.2) is 11.6 Å². The highest BCUT2D eigenvalue weighted by Gasteiger charge is 2.88. The topological polar surface area (TPSA) is 184 Å². The lowest BCUT2D eigenvalue weighted by Crippen LogP contribution is -2.68. The average Bonchev–Trinajstić information content (AvgIpc) is 3.47. The number of aliphatic hydroxyl groups excluding tert-OH is 2. The van der Waals surface area contributed by atoms with Gasteiger partial charge in [-0.2, -0.15) is 0 Å².